The Hall–Kier alpha value is -2.67. The minimum Gasteiger partial charge on any atom is -0.338 e. The van der Waals surface area contributed by atoms with Crippen molar-refractivity contribution in [3.63, 3.8) is 0 Å². The second-order valence-corrected chi connectivity index (χ2v) is 6.55. The number of hydrogen-bond acceptors (Lipinski definition) is 3. The first kappa shape index (κ1) is 16.8. The van der Waals surface area contributed by atoms with Crippen LogP contribution >= 0.6 is 0 Å². The van der Waals surface area contributed by atoms with Crippen molar-refractivity contribution in [3.8, 4) is 0 Å². The van der Waals surface area contributed by atoms with Crippen LogP contribution < -0.4 is 20.4 Å². The van der Waals surface area contributed by atoms with E-state index in [-0.39, 0.29) is 23.7 Å². The van der Waals surface area contributed by atoms with Gasteiger partial charge in [-0.3, -0.25) is 4.90 Å². The third-order valence-corrected chi connectivity index (χ3v) is 4.84. The Bertz CT molecular complexity index is 806. The van der Waals surface area contributed by atoms with Crippen LogP contribution in [0.4, 0.5) is 30.6 Å². The molecule has 5 nitrogen and oxygen atoms in total. The molecule has 0 aromatic heterocycles. The first-order valence-electron chi connectivity index (χ1n) is 8.73. The average Bonchev–Trinajstić information content (AvgIpc) is 3.14. The lowest BCUT2D eigenvalue weighted by molar-refractivity contribution is 0.243. The fourth-order valence-electron chi connectivity index (χ4n) is 3.51. The van der Waals surface area contributed by atoms with Gasteiger partial charge in [0, 0.05) is 31.4 Å². The van der Waals surface area contributed by atoms with Gasteiger partial charge < -0.3 is 15.5 Å². The van der Waals surface area contributed by atoms with Crippen molar-refractivity contribution in [2.24, 2.45) is 0 Å². The van der Waals surface area contributed by atoms with Gasteiger partial charge >= 0.3 is 6.03 Å². The summed E-state index contributed by atoms with van der Waals surface area (Å²) in [6.07, 6.45) is 0.900. The van der Waals surface area contributed by atoms with Crippen molar-refractivity contribution in [1.29, 1.82) is 0 Å². The van der Waals surface area contributed by atoms with Crippen molar-refractivity contribution in [2.45, 2.75) is 12.5 Å². The van der Waals surface area contributed by atoms with E-state index in [0.717, 1.165) is 25.2 Å². The van der Waals surface area contributed by atoms with Crippen LogP contribution in [0.15, 0.2) is 42.5 Å². The number of nitrogens with one attached hydrogen (secondary N) is 2. The quantitative estimate of drug-likeness (QED) is 0.868. The maximum absolute atomic E-state index is 13.9. The molecule has 136 valence electrons. The molecule has 2 aliphatic rings. The number of fused-ring (bicyclic) bond motifs is 1. The van der Waals surface area contributed by atoms with Gasteiger partial charge in [-0.25, -0.2) is 13.6 Å². The topological polar surface area (TPSA) is 47.6 Å². The zero-order valence-corrected chi connectivity index (χ0v) is 14.2. The van der Waals surface area contributed by atoms with E-state index in [1.165, 1.54) is 24.3 Å². The van der Waals surface area contributed by atoms with Crippen molar-refractivity contribution < 1.29 is 13.6 Å². The number of nitrogens with zero attached hydrogens (tertiary/aromatic N) is 2. The SMILES string of the molecule is O=C(N[C@H]1CCNC1)N1CCN(c2ccc(F)cc2)c2cc(F)ccc21. The van der Waals surface area contributed by atoms with Crippen LogP contribution in [0.5, 0.6) is 0 Å². The van der Waals surface area contributed by atoms with Crippen LogP contribution in [0.3, 0.4) is 0 Å². The van der Waals surface area contributed by atoms with Crippen LogP contribution in [0, 0.1) is 11.6 Å². The van der Waals surface area contributed by atoms with Gasteiger partial charge in [-0.05, 0) is 55.4 Å². The van der Waals surface area contributed by atoms with Crippen LogP contribution in [0.25, 0.3) is 0 Å². The number of halogens is 2. The fraction of sp³-hybridized carbons (Fsp3) is 0.316. The van der Waals surface area contributed by atoms with Gasteiger partial charge in [-0.15, -0.1) is 0 Å². The summed E-state index contributed by atoms with van der Waals surface area (Å²) < 4.78 is 27.1. The summed E-state index contributed by atoms with van der Waals surface area (Å²) in [6.45, 7) is 2.61. The molecule has 0 saturated carbocycles. The number of benzene rings is 2. The summed E-state index contributed by atoms with van der Waals surface area (Å²) in [6, 6.07) is 10.4. The normalized spacial score (nSPS) is 19.4. The maximum atomic E-state index is 13.9. The molecule has 2 aromatic rings. The third kappa shape index (κ3) is 3.22. The Labute approximate surface area is 150 Å². The Balaban J connectivity index is 1.64. The molecule has 7 heteroatoms. The van der Waals surface area contributed by atoms with Crippen LogP contribution in [-0.4, -0.2) is 38.3 Å². The Morgan fingerprint density at radius 3 is 2.54 bits per heavy atom. The Morgan fingerprint density at radius 1 is 1.04 bits per heavy atom. The van der Waals surface area contributed by atoms with Crippen molar-refractivity contribution in [2.75, 3.05) is 36.0 Å². The van der Waals surface area contributed by atoms with Gasteiger partial charge in [-0.1, -0.05) is 0 Å². The van der Waals surface area contributed by atoms with E-state index in [1.807, 2.05) is 4.90 Å². The molecule has 0 radical (unpaired) electrons. The third-order valence-electron chi connectivity index (χ3n) is 4.84. The summed E-state index contributed by atoms with van der Waals surface area (Å²) in [5.41, 5.74) is 2.01. The molecule has 1 saturated heterocycles. The van der Waals surface area contributed by atoms with Crippen LogP contribution in [0.2, 0.25) is 0 Å². The van der Waals surface area contributed by atoms with Crippen LogP contribution in [-0.2, 0) is 0 Å². The monoisotopic (exact) mass is 358 g/mol. The number of hydrogen-bond donors (Lipinski definition) is 2. The molecule has 1 fully saturated rings. The van der Waals surface area contributed by atoms with E-state index in [0.29, 0.717) is 24.5 Å². The number of amides is 2. The zero-order valence-electron chi connectivity index (χ0n) is 14.2. The first-order valence-corrected chi connectivity index (χ1v) is 8.73. The highest BCUT2D eigenvalue weighted by Gasteiger charge is 2.29. The molecule has 2 N–H and O–H groups in total. The van der Waals surface area contributed by atoms with E-state index in [1.54, 1.807) is 23.1 Å². The lowest BCUT2D eigenvalue weighted by atomic mass is 10.1. The van der Waals surface area contributed by atoms with Crippen molar-refractivity contribution >= 4 is 23.1 Å². The zero-order chi connectivity index (χ0) is 18.1. The van der Waals surface area contributed by atoms with Gasteiger partial charge in [0.25, 0.3) is 0 Å². The second kappa shape index (κ2) is 6.92. The number of carbonyl (C=O) groups excluding carboxylic acids is 1. The second-order valence-electron chi connectivity index (χ2n) is 6.55. The fourth-order valence-corrected chi connectivity index (χ4v) is 3.51. The summed E-state index contributed by atoms with van der Waals surface area (Å²) in [7, 11) is 0. The maximum Gasteiger partial charge on any atom is 0.322 e. The summed E-state index contributed by atoms with van der Waals surface area (Å²) in [5.74, 6) is -0.700. The number of carbonyl (C=O) groups is 1. The highest BCUT2D eigenvalue weighted by Crippen LogP contribution is 2.38. The van der Waals surface area contributed by atoms with Gasteiger partial charge in [-0.2, -0.15) is 0 Å². The highest BCUT2D eigenvalue weighted by molar-refractivity contribution is 5.98. The molecule has 0 aliphatic carbocycles. The predicted molar refractivity (Wildman–Crippen MR) is 97.0 cm³/mol. The predicted octanol–water partition coefficient (Wildman–Crippen LogP) is 2.99. The molecule has 0 bridgehead atoms. The van der Waals surface area contributed by atoms with Gasteiger partial charge in [0.2, 0.25) is 0 Å². The minimum absolute atomic E-state index is 0.113. The van der Waals surface area contributed by atoms with E-state index >= 15 is 0 Å². The van der Waals surface area contributed by atoms with Gasteiger partial charge in [0.1, 0.15) is 11.6 Å². The van der Waals surface area contributed by atoms with E-state index in [4.69, 9.17) is 0 Å². The molecule has 4 rings (SSSR count). The smallest absolute Gasteiger partial charge is 0.322 e. The van der Waals surface area contributed by atoms with E-state index in [9.17, 15) is 13.6 Å². The summed E-state index contributed by atoms with van der Waals surface area (Å²) >= 11 is 0. The molecular weight excluding hydrogens is 338 g/mol. The Morgan fingerprint density at radius 2 is 1.81 bits per heavy atom. The van der Waals surface area contributed by atoms with Crippen molar-refractivity contribution in [3.05, 3.63) is 54.1 Å². The number of anilines is 3. The molecule has 2 aromatic carbocycles. The van der Waals surface area contributed by atoms with E-state index < -0.39 is 0 Å². The molecule has 2 aliphatic heterocycles. The van der Waals surface area contributed by atoms with E-state index in [2.05, 4.69) is 10.6 Å². The minimum atomic E-state index is -0.377. The number of urea groups is 1. The summed E-state index contributed by atoms with van der Waals surface area (Å²) in [5, 5.41) is 6.25. The standard InChI is InChI=1S/C19H20F2N4O/c20-13-1-4-16(5-2-13)24-9-10-25(17-6-3-14(21)11-18(17)24)19(26)23-15-7-8-22-12-15/h1-6,11,15,22H,7-10,12H2,(H,23,26)/t15-/m0/s1. The largest absolute Gasteiger partial charge is 0.338 e. The molecular formula is C19H20F2N4O. The van der Waals surface area contributed by atoms with Gasteiger partial charge in [0.15, 0.2) is 0 Å². The lowest BCUT2D eigenvalue weighted by Gasteiger charge is -2.38. The first-order chi connectivity index (χ1) is 12.6. The van der Waals surface area contributed by atoms with Crippen LogP contribution in [0.1, 0.15) is 6.42 Å². The average molecular weight is 358 g/mol. The van der Waals surface area contributed by atoms with Gasteiger partial charge in [0.05, 0.1) is 11.4 Å². The molecule has 2 amide bonds. The molecule has 0 unspecified atom stereocenters. The Kier molecular flexibility index (Phi) is 4.46. The summed E-state index contributed by atoms with van der Waals surface area (Å²) in [4.78, 5) is 16.3. The van der Waals surface area contributed by atoms with Crippen molar-refractivity contribution in [1.82, 2.24) is 10.6 Å². The molecule has 2 heterocycles. The molecule has 1 atom stereocenters. The molecule has 0 spiro atoms. The lowest BCUT2D eigenvalue weighted by Crippen LogP contribution is -2.50. The molecule has 26 heavy (non-hydrogen) atoms. The highest BCUT2D eigenvalue weighted by atomic mass is 19.1. The number of rotatable bonds is 2.